The average Bonchev–Trinajstić information content (AvgIpc) is 3.64. The minimum Gasteiger partial charge on any atom is -0.493 e. The van der Waals surface area contributed by atoms with E-state index in [1.54, 1.807) is 50.3 Å². The van der Waals surface area contributed by atoms with Crippen LogP contribution in [0.1, 0.15) is 31.0 Å². The Balaban J connectivity index is 1.44. The Morgan fingerprint density at radius 3 is 2.58 bits per heavy atom. The van der Waals surface area contributed by atoms with Crippen LogP contribution < -0.4 is 33.8 Å². The van der Waals surface area contributed by atoms with Gasteiger partial charge in [-0.1, -0.05) is 17.4 Å². The lowest BCUT2D eigenvalue weighted by molar-refractivity contribution is -0.394. The summed E-state index contributed by atoms with van der Waals surface area (Å²) in [5.41, 5.74) is 0.190. The molecule has 1 aromatic heterocycles. The minimum absolute atomic E-state index is 0.0504. The Bertz CT molecular complexity index is 2250. The van der Waals surface area contributed by atoms with Crippen LogP contribution in [0.25, 0.3) is 6.08 Å². The smallest absolute Gasteiger partial charge is 0.338 e. The standard InChI is InChI=1S/C31H23BrN4O11S/c1-4-44-30(38)26-15(2)33-31-34(27(26)17-5-7-22-23(12-17)46-14-45-22)29(37)25(48-31)11-16-9-19(32)28(24(10-16)43-3)47-21-8-6-18(35(39)40)13-20(21)36(41)42/h5-13,27H,4,14H2,1-3H3/b25-11-/t27-/m0/s1. The maximum Gasteiger partial charge on any atom is 0.338 e. The number of nitro groups is 2. The van der Waals surface area contributed by atoms with Crippen LogP contribution in [0.2, 0.25) is 0 Å². The number of hydrogen-bond donors (Lipinski definition) is 0. The number of non-ortho nitro benzene ring substituents is 1. The summed E-state index contributed by atoms with van der Waals surface area (Å²) in [6.07, 6.45) is 1.61. The summed E-state index contributed by atoms with van der Waals surface area (Å²) in [5.74, 6) is 0.376. The predicted octanol–water partition coefficient (Wildman–Crippen LogP) is 4.91. The fourth-order valence-electron chi connectivity index (χ4n) is 5.22. The Kier molecular flexibility index (Phi) is 8.72. The molecule has 0 saturated carbocycles. The number of carbonyl (C=O) groups is 1. The molecule has 2 aliphatic rings. The predicted molar refractivity (Wildman–Crippen MR) is 173 cm³/mol. The summed E-state index contributed by atoms with van der Waals surface area (Å²) in [6, 6.07) is 10.5. The van der Waals surface area contributed by atoms with E-state index in [0.717, 1.165) is 29.5 Å². The molecule has 15 nitrogen and oxygen atoms in total. The van der Waals surface area contributed by atoms with E-state index in [-0.39, 0.29) is 40.8 Å². The van der Waals surface area contributed by atoms with Crippen molar-refractivity contribution in [1.82, 2.24) is 4.57 Å². The molecule has 246 valence electrons. The number of fused-ring (bicyclic) bond motifs is 2. The molecule has 0 saturated heterocycles. The number of nitrogens with zero attached hydrogens (tertiary/aromatic N) is 4. The van der Waals surface area contributed by atoms with Crippen molar-refractivity contribution in [2.24, 2.45) is 4.99 Å². The van der Waals surface area contributed by atoms with Crippen LogP contribution in [-0.2, 0) is 9.53 Å². The maximum absolute atomic E-state index is 14.1. The first-order valence-corrected chi connectivity index (χ1v) is 15.7. The zero-order valence-electron chi connectivity index (χ0n) is 25.3. The van der Waals surface area contributed by atoms with E-state index < -0.39 is 38.8 Å². The second kappa shape index (κ2) is 12.9. The van der Waals surface area contributed by atoms with Gasteiger partial charge in [0.25, 0.3) is 11.2 Å². The largest absolute Gasteiger partial charge is 0.493 e. The quantitative estimate of drug-likeness (QED) is 0.129. The first-order chi connectivity index (χ1) is 23.0. The number of thiazole rings is 1. The van der Waals surface area contributed by atoms with Crippen molar-refractivity contribution in [2.75, 3.05) is 20.5 Å². The molecule has 3 aromatic carbocycles. The van der Waals surface area contributed by atoms with E-state index in [0.29, 0.717) is 37.6 Å². The fourth-order valence-corrected chi connectivity index (χ4v) is 6.81. The number of ether oxygens (including phenoxy) is 5. The fraction of sp³-hybridized carbons (Fsp3) is 0.194. The van der Waals surface area contributed by atoms with E-state index in [4.69, 9.17) is 23.7 Å². The van der Waals surface area contributed by atoms with Gasteiger partial charge in [-0.05, 0) is 77.3 Å². The molecule has 17 heteroatoms. The van der Waals surface area contributed by atoms with Crippen molar-refractivity contribution in [1.29, 1.82) is 0 Å². The normalized spacial score (nSPS) is 15.1. The Morgan fingerprint density at radius 1 is 1.10 bits per heavy atom. The highest BCUT2D eigenvalue weighted by molar-refractivity contribution is 9.10. The lowest BCUT2D eigenvalue weighted by Gasteiger charge is -2.24. The van der Waals surface area contributed by atoms with E-state index in [2.05, 4.69) is 20.9 Å². The molecule has 0 bridgehead atoms. The van der Waals surface area contributed by atoms with Gasteiger partial charge < -0.3 is 23.7 Å². The van der Waals surface area contributed by atoms with Crippen LogP contribution in [0.3, 0.4) is 0 Å². The van der Waals surface area contributed by atoms with Gasteiger partial charge >= 0.3 is 11.7 Å². The maximum atomic E-state index is 14.1. The van der Waals surface area contributed by atoms with Gasteiger partial charge in [-0.15, -0.1) is 0 Å². The highest BCUT2D eigenvalue weighted by Crippen LogP contribution is 2.43. The number of rotatable bonds is 9. The SMILES string of the molecule is CCOC(=O)C1=C(C)N=c2s/c(=C\c3cc(Br)c(Oc4ccc([N+](=O)[O-])cc4[N+](=O)[O-])c(OC)c3)c(=O)n2[C@H]1c1ccc2c(c1)OCO2. The van der Waals surface area contributed by atoms with Crippen LogP contribution in [0.5, 0.6) is 28.7 Å². The topological polar surface area (TPSA) is 184 Å². The van der Waals surface area contributed by atoms with Gasteiger partial charge in [-0.25, -0.2) is 9.79 Å². The summed E-state index contributed by atoms with van der Waals surface area (Å²) in [7, 11) is 1.36. The van der Waals surface area contributed by atoms with Crippen molar-refractivity contribution in [2.45, 2.75) is 19.9 Å². The number of esters is 1. The molecule has 4 aromatic rings. The van der Waals surface area contributed by atoms with Crippen molar-refractivity contribution < 1.29 is 38.3 Å². The number of halogens is 1. The first-order valence-electron chi connectivity index (χ1n) is 14.1. The zero-order chi connectivity index (χ0) is 34.3. The number of allylic oxidation sites excluding steroid dienone is 1. The van der Waals surface area contributed by atoms with E-state index in [9.17, 15) is 29.8 Å². The minimum atomic E-state index is -0.869. The second-order valence-corrected chi connectivity index (χ2v) is 12.1. The third-order valence-electron chi connectivity index (χ3n) is 7.34. The molecule has 48 heavy (non-hydrogen) atoms. The Hall–Kier alpha value is -5.55. The highest BCUT2D eigenvalue weighted by Gasteiger charge is 2.34. The van der Waals surface area contributed by atoms with Gasteiger partial charge in [-0.3, -0.25) is 29.6 Å². The van der Waals surface area contributed by atoms with Gasteiger partial charge in [0, 0.05) is 6.07 Å². The molecular formula is C31H23BrN4O11S. The van der Waals surface area contributed by atoms with Gasteiger partial charge in [0.15, 0.2) is 27.8 Å². The van der Waals surface area contributed by atoms with E-state index >= 15 is 0 Å². The number of carbonyl (C=O) groups excluding carboxylic acids is 1. The van der Waals surface area contributed by atoms with Crippen molar-refractivity contribution >= 4 is 50.7 Å². The second-order valence-electron chi connectivity index (χ2n) is 10.2. The van der Waals surface area contributed by atoms with E-state index in [1.165, 1.54) is 11.7 Å². The zero-order valence-corrected chi connectivity index (χ0v) is 27.7. The van der Waals surface area contributed by atoms with Crippen LogP contribution in [0.15, 0.2) is 74.1 Å². The van der Waals surface area contributed by atoms with Crippen molar-refractivity contribution in [3.63, 3.8) is 0 Å². The molecular weight excluding hydrogens is 716 g/mol. The molecule has 3 heterocycles. The molecule has 2 aliphatic heterocycles. The molecule has 0 fully saturated rings. The number of nitro benzene ring substituents is 2. The molecule has 0 unspecified atom stereocenters. The van der Waals surface area contributed by atoms with E-state index in [1.807, 2.05) is 0 Å². The number of hydrogen-bond acceptors (Lipinski definition) is 13. The molecule has 0 radical (unpaired) electrons. The molecule has 1 atom stereocenters. The van der Waals surface area contributed by atoms with Crippen molar-refractivity contribution in [3.8, 4) is 28.7 Å². The van der Waals surface area contributed by atoms with Gasteiger partial charge in [0.1, 0.15) is 0 Å². The Labute approximate surface area is 282 Å². The highest BCUT2D eigenvalue weighted by atomic mass is 79.9. The molecule has 0 amide bonds. The van der Waals surface area contributed by atoms with Gasteiger partial charge in [-0.2, -0.15) is 0 Å². The van der Waals surface area contributed by atoms with Crippen LogP contribution in [0.4, 0.5) is 11.4 Å². The first kappa shape index (κ1) is 32.4. The summed E-state index contributed by atoms with van der Waals surface area (Å²) < 4.78 is 29.7. The van der Waals surface area contributed by atoms with Crippen LogP contribution in [0, 0.1) is 20.2 Å². The summed E-state index contributed by atoms with van der Waals surface area (Å²) in [4.78, 5) is 53.5. The molecule has 0 aliphatic carbocycles. The molecule has 0 spiro atoms. The van der Waals surface area contributed by atoms with Crippen LogP contribution in [-0.4, -0.2) is 40.9 Å². The lowest BCUT2D eigenvalue weighted by atomic mass is 9.95. The molecule has 6 rings (SSSR count). The summed E-state index contributed by atoms with van der Waals surface area (Å²) in [6.45, 7) is 3.55. The summed E-state index contributed by atoms with van der Waals surface area (Å²) in [5, 5.41) is 22.8. The lowest BCUT2D eigenvalue weighted by Crippen LogP contribution is -2.39. The van der Waals surface area contributed by atoms with Gasteiger partial charge in [0.05, 0.1) is 55.9 Å². The number of benzene rings is 3. The average molecular weight is 740 g/mol. The van der Waals surface area contributed by atoms with Crippen molar-refractivity contribution in [3.05, 3.63) is 115 Å². The summed E-state index contributed by atoms with van der Waals surface area (Å²) >= 11 is 4.53. The third-order valence-corrected chi connectivity index (χ3v) is 8.91. The third kappa shape index (κ3) is 5.88. The Morgan fingerprint density at radius 2 is 1.88 bits per heavy atom. The number of aromatic nitrogens is 1. The van der Waals surface area contributed by atoms with Gasteiger partial charge in [0.2, 0.25) is 12.5 Å². The van der Waals surface area contributed by atoms with Crippen LogP contribution >= 0.6 is 27.3 Å². The molecule has 0 N–H and O–H groups in total. The number of methoxy groups -OCH3 is 1. The monoisotopic (exact) mass is 738 g/mol.